The Morgan fingerprint density at radius 1 is 1.09 bits per heavy atom. The summed E-state index contributed by atoms with van der Waals surface area (Å²) in [6.07, 6.45) is 0.903. The molecule has 0 unspecified atom stereocenters. The van der Waals surface area contributed by atoms with Crippen LogP contribution in [0, 0.1) is 0 Å². The Morgan fingerprint density at radius 3 is 2.65 bits per heavy atom. The van der Waals surface area contributed by atoms with Crippen LogP contribution < -0.4 is 15.0 Å². The lowest BCUT2D eigenvalue weighted by Gasteiger charge is -2.31. The van der Waals surface area contributed by atoms with Crippen LogP contribution in [-0.2, 0) is 21.5 Å². The molecule has 2 aromatic carbocycles. The third-order valence-electron chi connectivity index (χ3n) is 6.34. The number of hydrogen-bond acceptors (Lipinski definition) is 5. The number of carbonyl (C=O) groups is 2. The number of anilines is 1. The van der Waals surface area contributed by atoms with E-state index in [2.05, 4.69) is 37.1 Å². The summed E-state index contributed by atoms with van der Waals surface area (Å²) < 4.78 is 11.0. The Morgan fingerprint density at radius 2 is 1.88 bits per heavy atom. The van der Waals surface area contributed by atoms with Crippen LogP contribution in [0.5, 0.6) is 5.75 Å². The molecule has 2 heterocycles. The minimum atomic E-state index is -0.0902. The maximum absolute atomic E-state index is 12.8. The second-order valence-electron chi connectivity index (χ2n) is 9.96. The summed E-state index contributed by atoms with van der Waals surface area (Å²) in [5.41, 5.74) is 3.39. The smallest absolute Gasteiger partial charge is 0.265 e. The fraction of sp³-hybridized carbons (Fsp3) is 0.481. The van der Waals surface area contributed by atoms with Gasteiger partial charge in [0.2, 0.25) is 0 Å². The zero-order chi connectivity index (χ0) is 24.1. The van der Waals surface area contributed by atoms with Gasteiger partial charge in [-0.1, -0.05) is 39.0 Å². The third-order valence-corrected chi connectivity index (χ3v) is 6.34. The van der Waals surface area contributed by atoms with E-state index in [0.29, 0.717) is 24.4 Å². The van der Waals surface area contributed by atoms with E-state index in [1.165, 1.54) is 0 Å². The highest BCUT2D eigenvalue weighted by Crippen LogP contribution is 2.37. The molecule has 0 aliphatic carbocycles. The normalized spacial score (nSPS) is 16.7. The van der Waals surface area contributed by atoms with E-state index in [1.807, 2.05) is 36.4 Å². The fourth-order valence-electron chi connectivity index (χ4n) is 4.27. The molecular weight excluding hydrogens is 430 g/mol. The van der Waals surface area contributed by atoms with Crippen LogP contribution in [0.1, 0.15) is 48.7 Å². The van der Waals surface area contributed by atoms with Crippen molar-refractivity contribution in [3.8, 4) is 5.75 Å². The largest absolute Gasteiger partial charge is 0.482 e. The molecule has 1 N–H and O–H groups in total. The standard InChI is InChI=1S/C27H35N3O4/c1-27(2,3)22-8-9-24-23(17-22)30(25(31)19-34-24)18-20-6-4-7-21(16-20)26(32)28-10-5-11-29-12-14-33-15-13-29/h4,6-9,16-17H,5,10-15,18-19H2,1-3H3,(H,28,32). The van der Waals surface area contributed by atoms with Crippen molar-refractivity contribution in [2.24, 2.45) is 0 Å². The van der Waals surface area contributed by atoms with Crippen LogP contribution >= 0.6 is 0 Å². The molecule has 7 heteroatoms. The van der Waals surface area contributed by atoms with E-state index < -0.39 is 0 Å². The summed E-state index contributed by atoms with van der Waals surface area (Å²) in [5.74, 6) is 0.533. The quantitative estimate of drug-likeness (QED) is 0.635. The van der Waals surface area contributed by atoms with Crippen LogP contribution in [-0.4, -0.2) is 62.7 Å². The van der Waals surface area contributed by atoms with Gasteiger partial charge in [-0.05, 0) is 53.8 Å². The Balaban J connectivity index is 1.40. The summed E-state index contributed by atoms with van der Waals surface area (Å²) >= 11 is 0. The van der Waals surface area contributed by atoms with Crippen molar-refractivity contribution in [2.45, 2.75) is 39.2 Å². The van der Waals surface area contributed by atoms with Crippen molar-refractivity contribution in [1.82, 2.24) is 10.2 Å². The molecule has 0 spiro atoms. The maximum atomic E-state index is 12.8. The first-order chi connectivity index (χ1) is 16.3. The molecule has 0 aromatic heterocycles. The van der Waals surface area contributed by atoms with E-state index in [1.54, 1.807) is 4.90 Å². The number of carbonyl (C=O) groups excluding carboxylic acids is 2. The zero-order valence-electron chi connectivity index (χ0n) is 20.4. The minimum Gasteiger partial charge on any atom is -0.482 e. The number of morpholine rings is 1. The van der Waals surface area contributed by atoms with Gasteiger partial charge in [-0.25, -0.2) is 0 Å². The van der Waals surface area contributed by atoms with Gasteiger partial charge in [0.05, 0.1) is 25.4 Å². The molecule has 182 valence electrons. The Kier molecular flexibility index (Phi) is 7.54. The van der Waals surface area contributed by atoms with Crippen LogP contribution in [0.4, 0.5) is 5.69 Å². The molecular formula is C27H35N3O4. The van der Waals surface area contributed by atoms with Gasteiger partial charge < -0.3 is 19.7 Å². The minimum absolute atomic E-state index is 0.0190. The highest BCUT2D eigenvalue weighted by Gasteiger charge is 2.27. The van der Waals surface area contributed by atoms with Gasteiger partial charge in [-0.15, -0.1) is 0 Å². The lowest BCUT2D eigenvalue weighted by molar-refractivity contribution is -0.121. The second-order valence-corrected chi connectivity index (χ2v) is 9.96. The lowest BCUT2D eigenvalue weighted by atomic mass is 9.86. The van der Waals surface area contributed by atoms with Crippen molar-refractivity contribution in [3.63, 3.8) is 0 Å². The van der Waals surface area contributed by atoms with E-state index in [4.69, 9.17) is 9.47 Å². The van der Waals surface area contributed by atoms with Crippen molar-refractivity contribution >= 4 is 17.5 Å². The van der Waals surface area contributed by atoms with E-state index in [9.17, 15) is 9.59 Å². The Bertz CT molecular complexity index is 1020. The summed E-state index contributed by atoms with van der Waals surface area (Å²) in [6, 6.07) is 13.5. The number of hydrogen-bond donors (Lipinski definition) is 1. The van der Waals surface area contributed by atoms with Crippen LogP contribution in [0.15, 0.2) is 42.5 Å². The topological polar surface area (TPSA) is 71.1 Å². The van der Waals surface area contributed by atoms with Crippen LogP contribution in [0.25, 0.3) is 0 Å². The van der Waals surface area contributed by atoms with E-state index >= 15 is 0 Å². The monoisotopic (exact) mass is 465 g/mol. The predicted octanol–water partition coefficient (Wildman–Crippen LogP) is 3.36. The van der Waals surface area contributed by atoms with E-state index in [0.717, 1.165) is 56.1 Å². The molecule has 2 aliphatic heterocycles. The number of nitrogens with zero attached hydrogens (tertiary/aromatic N) is 2. The highest BCUT2D eigenvalue weighted by molar-refractivity contribution is 5.98. The highest BCUT2D eigenvalue weighted by atomic mass is 16.5. The molecule has 2 aromatic rings. The number of benzene rings is 2. The summed E-state index contributed by atoms with van der Waals surface area (Å²) in [7, 11) is 0. The number of nitrogens with one attached hydrogen (secondary N) is 1. The molecule has 0 atom stereocenters. The molecule has 34 heavy (non-hydrogen) atoms. The number of amides is 2. The molecule has 1 saturated heterocycles. The molecule has 0 bridgehead atoms. The third kappa shape index (κ3) is 5.96. The van der Waals surface area contributed by atoms with Crippen LogP contribution in [0.2, 0.25) is 0 Å². The van der Waals surface area contributed by atoms with Gasteiger partial charge in [0.15, 0.2) is 6.61 Å². The van der Waals surface area contributed by atoms with Crippen molar-refractivity contribution < 1.29 is 19.1 Å². The van der Waals surface area contributed by atoms with Gasteiger partial charge in [0.1, 0.15) is 5.75 Å². The Labute approximate surface area is 202 Å². The SMILES string of the molecule is CC(C)(C)c1ccc2c(c1)N(Cc1cccc(C(=O)NCCCN3CCOCC3)c1)C(=O)CO2. The molecule has 7 nitrogen and oxygen atoms in total. The number of ether oxygens (including phenoxy) is 2. The van der Waals surface area contributed by atoms with Crippen molar-refractivity contribution in [1.29, 1.82) is 0 Å². The molecule has 4 rings (SSSR count). The van der Waals surface area contributed by atoms with Crippen molar-refractivity contribution in [3.05, 3.63) is 59.2 Å². The predicted molar refractivity (Wildman–Crippen MR) is 132 cm³/mol. The molecule has 1 fully saturated rings. The first-order valence-electron chi connectivity index (χ1n) is 12.1. The average Bonchev–Trinajstić information content (AvgIpc) is 2.83. The number of fused-ring (bicyclic) bond motifs is 1. The van der Waals surface area contributed by atoms with Gasteiger partial charge >= 0.3 is 0 Å². The van der Waals surface area contributed by atoms with Gasteiger partial charge in [0, 0.05) is 25.2 Å². The first kappa shape index (κ1) is 24.2. The van der Waals surface area contributed by atoms with E-state index in [-0.39, 0.29) is 23.8 Å². The molecule has 0 radical (unpaired) electrons. The fourth-order valence-corrected chi connectivity index (χ4v) is 4.27. The van der Waals surface area contributed by atoms with Crippen molar-refractivity contribution in [2.75, 3.05) is 50.9 Å². The average molecular weight is 466 g/mol. The maximum Gasteiger partial charge on any atom is 0.265 e. The zero-order valence-corrected chi connectivity index (χ0v) is 20.4. The second kappa shape index (κ2) is 10.6. The molecule has 2 aliphatic rings. The first-order valence-corrected chi connectivity index (χ1v) is 12.1. The van der Waals surface area contributed by atoms with Gasteiger partial charge in [-0.2, -0.15) is 0 Å². The molecule has 0 saturated carbocycles. The summed E-state index contributed by atoms with van der Waals surface area (Å²) in [6.45, 7) is 11.9. The van der Waals surface area contributed by atoms with Gasteiger partial charge in [-0.3, -0.25) is 14.5 Å². The van der Waals surface area contributed by atoms with Gasteiger partial charge in [0.25, 0.3) is 11.8 Å². The summed E-state index contributed by atoms with van der Waals surface area (Å²) in [4.78, 5) is 29.6. The van der Waals surface area contributed by atoms with Crippen LogP contribution in [0.3, 0.4) is 0 Å². The Hall–Kier alpha value is -2.90. The molecule has 2 amide bonds. The number of rotatable bonds is 7. The summed E-state index contributed by atoms with van der Waals surface area (Å²) in [5, 5.41) is 3.02. The lowest BCUT2D eigenvalue weighted by Crippen LogP contribution is -2.38.